The fourth-order valence-electron chi connectivity index (χ4n) is 2.13. The maximum absolute atomic E-state index is 5.83. The van der Waals surface area contributed by atoms with Crippen LogP contribution in [0.2, 0.25) is 0 Å². The third-order valence-electron chi connectivity index (χ3n) is 3.37. The molecule has 2 aromatic carbocycles. The SMILES string of the molecule is COc1cc(C(COc2ccccc2OC)OC)ccc1N. The minimum absolute atomic E-state index is 0.237. The summed E-state index contributed by atoms with van der Waals surface area (Å²) in [5.74, 6) is 1.98. The van der Waals surface area contributed by atoms with E-state index >= 15 is 0 Å². The summed E-state index contributed by atoms with van der Waals surface area (Å²) < 4.78 is 21.8. The van der Waals surface area contributed by atoms with Gasteiger partial charge in [0.05, 0.1) is 19.9 Å². The van der Waals surface area contributed by atoms with E-state index in [0.29, 0.717) is 29.5 Å². The molecule has 0 heterocycles. The number of ether oxygens (including phenoxy) is 4. The number of rotatable bonds is 7. The van der Waals surface area contributed by atoms with Crippen LogP contribution in [0.4, 0.5) is 5.69 Å². The molecule has 0 aliphatic heterocycles. The summed E-state index contributed by atoms with van der Waals surface area (Å²) in [7, 11) is 4.84. The number of nitrogen functional groups attached to an aromatic ring is 1. The van der Waals surface area contributed by atoms with Crippen LogP contribution >= 0.6 is 0 Å². The first kappa shape index (κ1) is 16.0. The smallest absolute Gasteiger partial charge is 0.161 e. The van der Waals surface area contributed by atoms with Crippen molar-refractivity contribution in [2.45, 2.75) is 6.10 Å². The fourth-order valence-corrected chi connectivity index (χ4v) is 2.13. The highest BCUT2D eigenvalue weighted by molar-refractivity contribution is 5.54. The zero-order chi connectivity index (χ0) is 15.9. The Kier molecular flexibility index (Phi) is 5.49. The number of benzene rings is 2. The maximum atomic E-state index is 5.83. The average Bonchev–Trinajstić information content (AvgIpc) is 2.57. The molecule has 118 valence electrons. The summed E-state index contributed by atoms with van der Waals surface area (Å²) in [6.07, 6.45) is -0.237. The molecule has 0 saturated heterocycles. The summed E-state index contributed by atoms with van der Waals surface area (Å²) in [5.41, 5.74) is 7.35. The Morgan fingerprint density at radius 3 is 2.23 bits per heavy atom. The van der Waals surface area contributed by atoms with E-state index in [9.17, 15) is 0 Å². The Labute approximate surface area is 130 Å². The van der Waals surface area contributed by atoms with E-state index < -0.39 is 0 Å². The Hall–Kier alpha value is -2.40. The van der Waals surface area contributed by atoms with Gasteiger partial charge in [-0.1, -0.05) is 18.2 Å². The second-order valence-electron chi connectivity index (χ2n) is 4.69. The monoisotopic (exact) mass is 303 g/mol. The van der Waals surface area contributed by atoms with Crippen molar-refractivity contribution in [1.29, 1.82) is 0 Å². The molecular formula is C17H21NO4. The topological polar surface area (TPSA) is 62.9 Å². The summed E-state index contributed by atoms with van der Waals surface area (Å²) in [5, 5.41) is 0. The van der Waals surface area contributed by atoms with Gasteiger partial charge >= 0.3 is 0 Å². The van der Waals surface area contributed by atoms with Crippen molar-refractivity contribution in [2.24, 2.45) is 0 Å². The van der Waals surface area contributed by atoms with Gasteiger partial charge in [0.25, 0.3) is 0 Å². The predicted octanol–water partition coefficient (Wildman–Crippen LogP) is 3.05. The van der Waals surface area contributed by atoms with Crippen LogP contribution < -0.4 is 19.9 Å². The second-order valence-corrected chi connectivity index (χ2v) is 4.69. The van der Waals surface area contributed by atoms with Crippen LogP contribution in [0.5, 0.6) is 17.2 Å². The zero-order valence-electron chi connectivity index (χ0n) is 13.0. The standard InChI is InChI=1S/C17H21NO4/c1-19-14-6-4-5-7-15(14)22-11-17(21-3)12-8-9-13(18)16(10-12)20-2/h4-10,17H,11,18H2,1-3H3. The Morgan fingerprint density at radius 2 is 1.59 bits per heavy atom. The number of hydrogen-bond donors (Lipinski definition) is 1. The minimum atomic E-state index is -0.237. The molecule has 2 rings (SSSR count). The van der Waals surface area contributed by atoms with E-state index in [1.54, 1.807) is 27.4 Å². The number of para-hydroxylation sites is 2. The van der Waals surface area contributed by atoms with E-state index in [4.69, 9.17) is 24.7 Å². The molecule has 2 N–H and O–H groups in total. The molecule has 5 heteroatoms. The van der Waals surface area contributed by atoms with Crippen molar-refractivity contribution in [3.05, 3.63) is 48.0 Å². The lowest BCUT2D eigenvalue weighted by molar-refractivity contribution is 0.0565. The number of hydrogen-bond acceptors (Lipinski definition) is 5. The van der Waals surface area contributed by atoms with Gasteiger partial charge in [0.15, 0.2) is 11.5 Å². The summed E-state index contributed by atoms with van der Waals surface area (Å²) >= 11 is 0. The minimum Gasteiger partial charge on any atom is -0.495 e. The molecule has 22 heavy (non-hydrogen) atoms. The van der Waals surface area contributed by atoms with E-state index in [2.05, 4.69) is 0 Å². The van der Waals surface area contributed by atoms with Gasteiger partial charge in [-0.2, -0.15) is 0 Å². The van der Waals surface area contributed by atoms with Gasteiger partial charge in [-0.15, -0.1) is 0 Å². The van der Waals surface area contributed by atoms with Crippen LogP contribution in [-0.2, 0) is 4.74 Å². The molecule has 5 nitrogen and oxygen atoms in total. The Morgan fingerprint density at radius 1 is 0.909 bits per heavy atom. The molecule has 0 fully saturated rings. The molecule has 0 bridgehead atoms. The molecule has 2 aromatic rings. The van der Waals surface area contributed by atoms with E-state index in [1.165, 1.54) is 0 Å². The van der Waals surface area contributed by atoms with Crippen molar-refractivity contribution in [3.63, 3.8) is 0 Å². The highest BCUT2D eigenvalue weighted by Gasteiger charge is 2.15. The summed E-state index contributed by atoms with van der Waals surface area (Å²) in [4.78, 5) is 0. The van der Waals surface area contributed by atoms with E-state index in [-0.39, 0.29) is 6.10 Å². The third-order valence-corrected chi connectivity index (χ3v) is 3.37. The molecule has 1 atom stereocenters. The maximum Gasteiger partial charge on any atom is 0.161 e. The van der Waals surface area contributed by atoms with Gasteiger partial charge in [-0.05, 0) is 29.8 Å². The molecule has 0 aromatic heterocycles. The Balaban J connectivity index is 2.12. The molecule has 1 unspecified atom stereocenters. The molecule has 0 aliphatic carbocycles. The lowest BCUT2D eigenvalue weighted by Gasteiger charge is -2.19. The van der Waals surface area contributed by atoms with Crippen molar-refractivity contribution >= 4 is 5.69 Å². The van der Waals surface area contributed by atoms with Gasteiger partial charge < -0.3 is 24.7 Å². The lowest BCUT2D eigenvalue weighted by atomic mass is 10.1. The van der Waals surface area contributed by atoms with Crippen LogP contribution in [0.1, 0.15) is 11.7 Å². The molecule has 0 spiro atoms. The largest absolute Gasteiger partial charge is 0.495 e. The third kappa shape index (κ3) is 3.62. The Bertz CT molecular complexity index is 615. The number of anilines is 1. The van der Waals surface area contributed by atoms with Crippen LogP contribution in [-0.4, -0.2) is 27.9 Å². The second kappa shape index (κ2) is 7.56. The van der Waals surface area contributed by atoms with Crippen molar-refractivity contribution in [2.75, 3.05) is 33.7 Å². The van der Waals surface area contributed by atoms with Gasteiger partial charge in [0.2, 0.25) is 0 Å². The quantitative estimate of drug-likeness (QED) is 0.797. The van der Waals surface area contributed by atoms with Crippen LogP contribution in [0.25, 0.3) is 0 Å². The van der Waals surface area contributed by atoms with Gasteiger partial charge in [0, 0.05) is 7.11 Å². The normalized spacial score (nSPS) is 11.8. The van der Waals surface area contributed by atoms with Crippen molar-refractivity contribution in [3.8, 4) is 17.2 Å². The van der Waals surface area contributed by atoms with Gasteiger partial charge in [-0.3, -0.25) is 0 Å². The number of methoxy groups -OCH3 is 3. The zero-order valence-corrected chi connectivity index (χ0v) is 13.0. The van der Waals surface area contributed by atoms with E-state index in [0.717, 1.165) is 5.56 Å². The van der Waals surface area contributed by atoms with Crippen LogP contribution in [0, 0.1) is 0 Å². The van der Waals surface area contributed by atoms with Crippen LogP contribution in [0.3, 0.4) is 0 Å². The van der Waals surface area contributed by atoms with Crippen molar-refractivity contribution in [1.82, 2.24) is 0 Å². The first-order valence-corrected chi connectivity index (χ1v) is 6.91. The first-order chi connectivity index (χ1) is 10.7. The van der Waals surface area contributed by atoms with Gasteiger partial charge in [-0.25, -0.2) is 0 Å². The highest BCUT2D eigenvalue weighted by atomic mass is 16.5. The lowest BCUT2D eigenvalue weighted by Crippen LogP contribution is -2.13. The molecular weight excluding hydrogens is 282 g/mol. The fraction of sp³-hybridized carbons (Fsp3) is 0.294. The van der Waals surface area contributed by atoms with Crippen molar-refractivity contribution < 1.29 is 18.9 Å². The summed E-state index contributed by atoms with van der Waals surface area (Å²) in [6.45, 7) is 0.351. The molecule has 0 radical (unpaired) electrons. The predicted molar refractivity (Wildman–Crippen MR) is 85.6 cm³/mol. The summed E-state index contributed by atoms with van der Waals surface area (Å²) in [6, 6.07) is 13.0. The van der Waals surface area contributed by atoms with E-state index in [1.807, 2.05) is 36.4 Å². The molecule has 0 saturated carbocycles. The van der Waals surface area contributed by atoms with Gasteiger partial charge in [0.1, 0.15) is 18.5 Å². The molecule has 0 aliphatic rings. The first-order valence-electron chi connectivity index (χ1n) is 6.91. The highest BCUT2D eigenvalue weighted by Crippen LogP contribution is 2.30. The molecule has 0 amide bonds. The number of nitrogens with two attached hydrogens (primary N) is 1. The average molecular weight is 303 g/mol. The van der Waals surface area contributed by atoms with Crippen LogP contribution in [0.15, 0.2) is 42.5 Å².